The number of rotatable bonds is 5. The first kappa shape index (κ1) is 30.8. The van der Waals surface area contributed by atoms with Gasteiger partial charge in [0, 0.05) is 31.8 Å². The average Bonchev–Trinajstić information content (AvgIpc) is 3.74. The highest BCUT2D eigenvalue weighted by Gasteiger charge is 2.73. The number of aliphatic hydroxyl groups excluding tert-OH is 1. The van der Waals surface area contributed by atoms with Crippen LogP contribution in [0.15, 0.2) is 97.1 Å². The molecule has 0 aromatic heterocycles. The fraction of sp³-hybridized carbons (Fsp3) is 0.351. The normalized spacial score (nSPS) is 30.0. The highest BCUT2D eigenvalue weighted by atomic mass is 16.5. The Labute approximate surface area is 272 Å². The van der Waals surface area contributed by atoms with E-state index >= 15 is 0 Å². The minimum Gasteiger partial charge on any atom is -0.463 e. The van der Waals surface area contributed by atoms with Crippen LogP contribution in [0.2, 0.25) is 0 Å². The Kier molecular flexibility index (Phi) is 8.38. The summed E-state index contributed by atoms with van der Waals surface area (Å²) in [6, 6.07) is 21.1. The Morgan fingerprint density at radius 3 is 2.51 bits per heavy atom. The Morgan fingerprint density at radius 1 is 0.915 bits per heavy atom. The molecule has 3 aromatic carbocycles. The maximum absolute atomic E-state index is 14.9. The second-order valence-corrected chi connectivity index (χ2v) is 12.5. The van der Waals surface area contributed by atoms with Gasteiger partial charge in [0.2, 0.25) is 11.8 Å². The molecule has 2 N–H and O–H groups in total. The minimum atomic E-state index is -1.36. The number of ether oxygens (including phenoxy) is 2. The molecule has 0 unspecified atom stereocenters. The number of nitrogens with zero attached hydrogens (tertiary/aromatic N) is 2. The van der Waals surface area contributed by atoms with Crippen molar-refractivity contribution in [3.05, 3.63) is 103 Å². The molecule has 2 fully saturated rings. The molecule has 47 heavy (non-hydrogen) atoms. The molecule has 3 aromatic rings. The van der Waals surface area contributed by atoms with Crippen LogP contribution in [0.3, 0.4) is 0 Å². The summed E-state index contributed by atoms with van der Waals surface area (Å²) in [5.74, 6) is -3.40. The monoisotopic (exact) mass is 635 g/mol. The van der Waals surface area contributed by atoms with E-state index in [4.69, 9.17) is 9.47 Å². The lowest BCUT2D eigenvalue weighted by molar-refractivity contribution is -0.145. The van der Waals surface area contributed by atoms with Crippen LogP contribution in [0.5, 0.6) is 0 Å². The van der Waals surface area contributed by atoms with Gasteiger partial charge in [-0.2, -0.15) is 0 Å². The third-order valence-electron chi connectivity index (χ3n) is 9.68. The Bertz CT molecular complexity index is 1760. The number of carbonyl (C=O) groups excluding carboxylic acids is 4. The number of amides is 3. The topological polar surface area (TPSA) is 125 Å². The quantitative estimate of drug-likeness (QED) is 0.325. The number of nitrogens with one attached hydrogen (secondary N) is 1. The second kappa shape index (κ2) is 12.8. The van der Waals surface area contributed by atoms with Crippen molar-refractivity contribution in [1.82, 2.24) is 10.2 Å². The summed E-state index contributed by atoms with van der Waals surface area (Å²) in [6.45, 7) is 0.0681. The van der Waals surface area contributed by atoms with Gasteiger partial charge in [-0.1, -0.05) is 85.0 Å². The van der Waals surface area contributed by atoms with Gasteiger partial charge >= 0.3 is 5.97 Å². The zero-order valence-corrected chi connectivity index (χ0v) is 25.9. The van der Waals surface area contributed by atoms with E-state index in [2.05, 4.69) is 5.32 Å². The van der Waals surface area contributed by atoms with Gasteiger partial charge < -0.3 is 29.7 Å². The number of cyclic esters (lactones) is 1. The van der Waals surface area contributed by atoms with E-state index in [0.29, 0.717) is 12.1 Å². The third kappa shape index (κ3) is 5.51. The molecule has 242 valence electrons. The van der Waals surface area contributed by atoms with Crippen molar-refractivity contribution in [3.8, 4) is 0 Å². The van der Waals surface area contributed by atoms with Crippen LogP contribution < -0.4 is 10.2 Å². The molecule has 7 rings (SSSR count). The van der Waals surface area contributed by atoms with Crippen LogP contribution in [0.4, 0.5) is 5.69 Å². The van der Waals surface area contributed by atoms with Crippen LogP contribution in [-0.2, 0) is 28.7 Å². The van der Waals surface area contributed by atoms with Crippen molar-refractivity contribution in [3.63, 3.8) is 0 Å². The summed E-state index contributed by atoms with van der Waals surface area (Å²) >= 11 is 0. The van der Waals surface area contributed by atoms with Crippen LogP contribution in [0.25, 0.3) is 10.8 Å². The molecule has 0 aliphatic carbocycles. The Balaban J connectivity index is 1.31. The summed E-state index contributed by atoms with van der Waals surface area (Å²) < 4.78 is 12.2. The lowest BCUT2D eigenvalue weighted by Gasteiger charge is -2.36. The molecule has 10 heteroatoms. The Morgan fingerprint density at radius 2 is 1.70 bits per heavy atom. The number of hydrogen-bond acceptors (Lipinski definition) is 7. The predicted octanol–water partition coefficient (Wildman–Crippen LogP) is 3.46. The van der Waals surface area contributed by atoms with E-state index in [-0.39, 0.29) is 51.0 Å². The molecule has 10 nitrogen and oxygen atoms in total. The van der Waals surface area contributed by atoms with E-state index in [1.165, 1.54) is 4.90 Å². The molecule has 0 saturated carbocycles. The molecule has 6 atom stereocenters. The molecule has 0 radical (unpaired) electrons. The number of hydrogen-bond donors (Lipinski definition) is 2. The van der Waals surface area contributed by atoms with E-state index in [1.54, 1.807) is 17.1 Å². The highest BCUT2D eigenvalue weighted by molar-refractivity contribution is 6.06. The number of aliphatic hydroxyl groups is 1. The molecule has 2 saturated heterocycles. The van der Waals surface area contributed by atoms with Crippen molar-refractivity contribution in [2.45, 2.75) is 43.1 Å². The van der Waals surface area contributed by atoms with Gasteiger partial charge in [0.25, 0.3) is 5.91 Å². The second-order valence-electron chi connectivity index (χ2n) is 12.5. The van der Waals surface area contributed by atoms with Crippen LogP contribution in [0.1, 0.15) is 30.9 Å². The predicted molar refractivity (Wildman–Crippen MR) is 174 cm³/mol. The van der Waals surface area contributed by atoms with E-state index in [0.717, 1.165) is 16.3 Å². The van der Waals surface area contributed by atoms with Crippen LogP contribution in [-0.4, -0.2) is 77.7 Å². The molecule has 4 heterocycles. The standard InChI is InChI=1S/C37H37N3O7/c41-21-9-20-40-33-36(45)39(27-16-15-24-10-6-7-13-26(24)22-27)19-8-2-5-14-30(42)46-23-28(25-11-3-1-4-12-25)38-34(43)31-29-17-18-37(33,47-29)32(31)35(40)44/h1-4,6-8,10-13,15-18,22,28-29,31-33,41H,5,9,14,19-21,23H2,(H,38,43)/b8-2-/t28-,29-,31+,32+,33-,37+/m0/s1. The lowest BCUT2D eigenvalue weighted by Crippen LogP contribution is -2.56. The molecule has 4 aliphatic rings. The first-order valence-corrected chi connectivity index (χ1v) is 16.2. The largest absolute Gasteiger partial charge is 0.463 e. The van der Waals surface area contributed by atoms with Gasteiger partial charge in [0.05, 0.1) is 24.0 Å². The number of carbonyl (C=O) groups is 4. The van der Waals surface area contributed by atoms with Gasteiger partial charge in [-0.15, -0.1) is 0 Å². The molecule has 1 spiro atoms. The number of esters is 1. The third-order valence-corrected chi connectivity index (χ3v) is 9.68. The zero-order chi connectivity index (χ0) is 32.5. The van der Waals surface area contributed by atoms with E-state index < -0.39 is 47.5 Å². The highest BCUT2D eigenvalue weighted by Crippen LogP contribution is 2.55. The minimum absolute atomic E-state index is 0.0738. The number of likely N-dealkylation sites (tertiary alicyclic amines) is 1. The van der Waals surface area contributed by atoms with Gasteiger partial charge in [-0.25, -0.2) is 0 Å². The average molecular weight is 636 g/mol. The molecule has 3 amide bonds. The van der Waals surface area contributed by atoms with Crippen molar-refractivity contribution in [2.75, 3.05) is 31.2 Å². The number of allylic oxidation sites excluding steroid dienone is 1. The number of benzene rings is 3. The van der Waals surface area contributed by atoms with Crippen LogP contribution >= 0.6 is 0 Å². The fourth-order valence-electron chi connectivity index (χ4n) is 7.47. The van der Waals surface area contributed by atoms with Gasteiger partial charge in [-0.05, 0) is 41.3 Å². The number of fused-ring (bicyclic) bond motifs is 3. The van der Waals surface area contributed by atoms with Crippen molar-refractivity contribution in [2.24, 2.45) is 11.8 Å². The molecular formula is C37H37N3O7. The smallest absolute Gasteiger partial charge is 0.306 e. The lowest BCUT2D eigenvalue weighted by atomic mass is 9.74. The van der Waals surface area contributed by atoms with E-state index in [9.17, 15) is 24.3 Å². The van der Waals surface area contributed by atoms with Crippen molar-refractivity contribution >= 4 is 40.2 Å². The SMILES string of the molecule is O=C1CC/C=C\CN(c2ccc3ccccc3c2)C(=O)[C@@H]2N(CCCO)C(=O)[C@H]3[C@H](C(=O)N[C@H](c4ccccc4)CO1)[C@@H]1C=C[C@]23O1. The van der Waals surface area contributed by atoms with Gasteiger partial charge in [0.1, 0.15) is 18.2 Å². The molecule has 5 bridgehead atoms. The van der Waals surface area contributed by atoms with Crippen molar-refractivity contribution < 1.29 is 33.8 Å². The van der Waals surface area contributed by atoms with Gasteiger partial charge in [0.15, 0.2) is 0 Å². The van der Waals surface area contributed by atoms with Crippen LogP contribution in [0, 0.1) is 11.8 Å². The maximum Gasteiger partial charge on any atom is 0.306 e. The van der Waals surface area contributed by atoms with E-state index in [1.807, 2.05) is 84.9 Å². The Hall–Kier alpha value is -4.80. The van der Waals surface area contributed by atoms with Crippen molar-refractivity contribution in [1.29, 1.82) is 0 Å². The van der Waals surface area contributed by atoms with Gasteiger partial charge in [-0.3, -0.25) is 19.2 Å². The summed E-state index contributed by atoms with van der Waals surface area (Å²) in [6.07, 6.45) is 7.31. The summed E-state index contributed by atoms with van der Waals surface area (Å²) in [7, 11) is 0. The first-order valence-electron chi connectivity index (χ1n) is 16.2. The molecular weight excluding hydrogens is 598 g/mol. The zero-order valence-electron chi connectivity index (χ0n) is 25.9. The summed E-state index contributed by atoms with van der Waals surface area (Å²) in [5.41, 5.74) is 0.0291. The first-order chi connectivity index (χ1) is 22.9. The molecule has 4 aliphatic heterocycles. The maximum atomic E-state index is 14.9. The summed E-state index contributed by atoms with van der Waals surface area (Å²) in [5, 5.41) is 14.7. The fourth-order valence-corrected chi connectivity index (χ4v) is 7.47. The summed E-state index contributed by atoms with van der Waals surface area (Å²) in [4.78, 5) is 59.2. The number of anilines is 1.